The minimum atomic E-state index is -2.44. The average Bonchev–Trinajstić information content (AvgIpc) is 1.84. The van der Waals surface area contributed by atoms with Gasteiger partial charge in [0, 0.05) is 22.4 Å². The summed E-state index contributed by atoms with van der Waals surface area (Å²) in [6.45, 7) is 0. The second-order valence-corrected chi connectivity index (χ2v) is 1.53. The summed E-state index contributed by atoms with van der Waals surface area (Å²) in [6, 6.07) is 0. The summed E-state index contributed by atoms with van der Waals surface area (Å²) < 4.78 is 0. The zero-order valence-electron chi connectivity index (χ0n) is 4.98. The van der Waals surface area contributed by atoms with Crippen molar-refractivity contribution in [1.29, 1.82) is 0 Å². The van der Waals surface area contributed by atoms with Crippen LogP contribution in [0.4, 0.5) is 0 Å². The number of carbonyl (C=O) groups is 2. The molecule has 0 aromatic rings. The first-order chi connectivity index (χ1) is 4.46. The minimum absolute atomic E-state index is 0. The van der Waals surface area contributed by atoms with Crippen molar-refractivity contribution in [2.24, 2.45) is 0 Å². The van der Waals surface area contributed by atoms with Crippen LogP contribution in [0.2, 0.25) is 0 Å². The van der Waals surface area contributed by atoms with Crippen molar-refractivity contribution in [2.75, 3.05) is 0 Å². The van der Waals surface area contributed by atoms with E-state index in [1.165, 1.54) is 0 Å². The van der Waals surface area contributed by atoms with Crippen molar-refractivity contribution in [3.63, 3.8) is 0 Å². The predicted octanol–water partition coefficient (Wildman–Crippen LogP) is -4.79. The van der Waals surface area contributed by atoms with Crippen LogP contribution in [0, 0.1) is 0 Å². The van der Waals surface area contributed by atoms with Crippen LogP contribution in [-0.4, -0.2) is 34.4 Å². The van der Waals surface area contributed by atoms with Gasteiger partial charge >= 0.3 is 0 Å². The van der Waals surface area contributed by atoms with Crippen LogP contribution in [0.3, 0.4) is 0 Å². The summed E-state index contributed by atoms with van der Waals surface area (Å²) in [5.41, 5.74) is 0. The third kappa shape index (κ3) is 4.12. The zero-order chi connectivity index (χ0) is 8.31. The largest absolute Gasteiger partial charge is 0.547 e. The Balaban J connectivity index is 0. The van der Waals surface area contributed by atoms with Gasteiger partial charge in [-0.15, -0.1) is 0 Å². The Bertz CT molecular complexity index is 139. The predicted molar refractivity (Wildman–Crippen MR) is 22.0 cm³/mol. The summed E-state index contributed by atoms with van der Waals surface area (Å²) >= 11 is 0. The minimum Gasteiger partial charge on any atom is -0.547 e. The molecule has 11 heavy (non-hydrogen) atoms. The van der Waals surface area contributed by atoms with Crippen LogP contribution in [0.1, 0.15) is 0 Å². The van der Waals surface area contributed by atoms with E-state index in [2.05, 4.69) is 0 Å². The molecule has 0 aliphatic rings. The molecular formula is C4H4AgO6-2. The van der Waals surface area contributed by atoms with E-state index >= 15 is 0 Å². The second kappa shape index (κ2) is 5.28. The van der Waals surface area contributed by atoms with Crippen molar-refractivity contribution in [1.82, 2.24) is 0 Å². The van der Waals surface area contributed by atoms with Crippen molar-refractivity contribution in [3.8, 4) is 0 Å². The molecule has 2 N–H and O–H groups in total. The van der Waals surface area contributed by atoms with E-state index in [1.54, 1.807) is 0 Å². The molecule has 0 aromatic heterocycles. The maximum absolute atomic E-state index is 9.63. The first kappa shape index (κ1) is 13.2. The van der Waals surface area contributed by atoms with Gasteiger partial charge in [-0.1, -0.05) is 0 Å². The number of carboxylic acid groups (broad SMARTS) is 2. The molecule has 0 amide bonds. The molecule has 0 spiro atoms. The fourth-order valence-electron chi connectivity index (χ4n) is 0.258. The molecule has 0 rings (SSSR count). The van der Waals surface area contributed by atoms with Gasteiger partial charge in [-0.05, 0) is 0 Å². The van der Waals surface area contributed by atoms with E-state index in [-0.39, 0.29) is 22.4 Å². The monoisotopic (exact) mass is 255 g/mol. The van der Waals surface area contributed by atoms with Gasteiger partial charge in [0.1, 0.15) is 12.2 Å². The summed E-state index contributed by atoms with van der Waals surface area (Å²) in [4.78, 5) is 19.3. The Morgan fingerprint density at radius 3 is 1.27 bits per heavy atom. The summed E-state index contributed by atoms with van der Waals surface area (Å²) in [5.74, 6) is -4.12. The van der Waals surface area contributed by atoms with Crippen molar-refractivity contribution < 1.29 is 52.4 Å². The first-order valence-electron chi connectivity index (χ1n) is 2.24. The molecule has 1 radical (unpaired) electrons. The third-order valence-corrected chi connectivity index (χ3v) is 0.782. The van der Waals surface area contributed by atoms with Crippen molar-refractivity contribution in [3.05, 3.63) is 0 Å². The molecule has 0 saturated carbocycles. The Hall–Kier alpha value is -0.400. The molecule has 0 aromatic carbocycles. The molecule has 2 atom stereocenters. The van der Waals surface area contributed by atoms with Gasteiger partial charge in [0.05, 0.1) is 11.9 Å². The molecule has 6 nitrogen and oxygen atoms in total. The SMILES string of the molecule is O=C([O-])[C@H](O)[C@@H](O)C(=O)[O-].[Ag]. The average molecular weight is 256 g/mol. The standard InChI is InChI=1S/C4H6O6.Ag/c5-1(3(7)8)2(6)4(9)10;/h1-2,5-6H,(H,7,8)(H,9,10);/p-2/t1-,2-;/m1./s1. The topological polar surface area (TPSA) is 121 Å². The van der Waals surface area contributed by atoms with Gasteiger partial charge in [0.15, 0.2) is 0 Å². The van der Waals surface area contributed by atoms with E-state index < -0.39 is 24.1 Å². The zero-order valence-corrected chi connectivity index (χ0v) is 6.47. The molecule has 69 valence electrons. The molecule has 0 aliphatic carbocycles. The second-order valence-electron chi connectivity index (χ2n) is 1.53. The number of hydrogen-bond acceptors (Lipinski definition) is 6. The Morgan fingerprint density at radius 2 is 1.18 bits per heavy atom. The van der Waals surface area contributed by atoms with Crippen LogP contribution >= 0.6 is 0 Å². The summed E-state index contributed by atoms with van der Waals surface area (Å²) in [6.07, 6.45) is -4.88. The van der Waals surface area contributed by atoms with E-state index in [4.69, 9.17) is 10.2 Å². The van der Waals surface area contributed by atoms with E-state index in [1.807, 2.05) is 0 Å². The summed E-state index contributed by atoms with van der Waals surface area (Å²) in [5, 5.41) is 35.7. The van der Waals surface area contributed by atoms with E-state index in [0.717, 1.165) is 0 Å². The van der Waals surface area contributed by atoms with Gasteiger partial charge in [-0.3, -0.25) is 0 Å². The Labute approximate surface area is 77.0 Å². The quantitative estimate of drug-likeness (QED) is 0.489. The van der Waals surface area contributed by atoms with Crippen LogP contribution < -0.4 is 10.2 Å². The molecule has 0 bridgehead atoms. The van der Waals surface area contributed by atoms with Gasteiger partial charge in [-0.2, -0.15) is 0 Å². The smallest absolute Gasteiger partial charge is 0.124 e. The van der Waals surface area contributed by atoms with Crippen LogP contribution in [0.15, 0.2) is 0 Å². The molecule has 0 aliphatic heterocycles. The number of aliphatic carboxylic acids is 2. The maximum atomic E-state index is 9.63. The molecule has 0 heterocycles. The fourth-order valence-corrected chi connectivity index (χ4v) is 0.258. The van der Waals surface area contributed by atoms with Crippen molar-refractivity contribution in [2.45, 2.75) is 12.2 Å². The summed E-state index contributed by atoms with van der Waals surface area (Å²) in [7, 11) is 0. The number of aliphatic hydroxyl groups excluding tert-OH is 2. The van der Waals surface area contributed by atoms with Gasteiger partial charge in [0.25, 0.3) is 0 Å². The fraction of sp³-hybridized carbons (Fsp3) is 0.500. The van der Waals surface area contributed by atoms with Crippen LogP contribution in [0.5, 0.6) is 0 Å². The number of carboxylic acids is 2. The molecule has 0 fully saturated rings. The normalized spacial score (nSPS) is 14.4. The Kier molecular flexibility index (Phi) is 6.34. The van der Waals surface area contributed by atoms with Gasteiger partial charge in [-0.25, -0.2) is 0 Å². The molecule has 7 heteroatoms. The van der Waals surface area contributed by atoms with Gasteiger partial charge < -0.3 is 30.0 Å². The maximum Gasteiger partial charge on any atom is 0.124 e. The number of hydrogen-bond donors (Lipinski definition) is 2. The molecular weight excluding hydrogens is 252 g/mol. The van der Waals surface area contributed by atoms with Crippen LogP contribution in [-0.2, 0) is 32.0 Å². The van der Waals surface area contributed by atoms with Crippen LogP contribution in [0.25, 0.3) is 0 Å². The molecule has 0 unspecified atom stereocenters. The number of aliphatic hydroxyl groups is 2. The van der Waals surface area contributed by atoms with E-state index in [9.17, 15) is 19.8 Å². The first-order valence-corrected chi connectivity index (χ1v) is 2.24. The molecule has 0 saturated heterocycles. The van der Waals surface area contributed by atoms with Gasteiger partial charge in [0.2, 0.25) is 0 Å². The third-order valence-electron chi connectivity index (χ3n) is 0.782. The number of rotatable bonds is 3. The number of carbonyl (C=O) groups excluding carboxylic acids is 2. The Morgan fingerprint density at radius 1 is 1.00 bits per heavy atom. The van der Waals surface area contributed by atoms with E-state index in [0.29, 0.717) is 0 Å². The van der Waals surface area contributed by atoms with Crippen molar-refractivity contribution >= 4 is 11.9 Å².